The van der Waals surface area contributed by atoms with Gasteiger partial charge in [0.05, 0.1) is 12.5 Å². The lowest BCUT2D eigenvalue weighted by Crippen LogP contribution is -2.34. The minimum absolute atomic E-state index is 0.00523. The van der Waals surface area contributed by atoms with Crippen molar-refractivity contribution in [2.75, 3.05) is 6.54 Å². The average molecular weight is 295 g/mol. The van der Waals surface area contributed by atoms with Crippen LogP contribution in [0.25, 0.3) is 0 Å². The summed E-state index contributed by atoms with van der Waals surface area (Å²) in [5.41, 5.74) is 0.760. The fourth-order valence-electron chi connectivity index (χ4n) is 1.52. The molecule has 1 amide bonds. The molecule has 0 fully saturated rings. The molecule has 3 N–H and O–H groups in total. The first-order valence-corrected chi connectivity index (χ1v) is 6.37. The Labute approximate surface area is 121 Å². The van der Waals surface area contributed by atoms with Gasteiger partial charge >= 0.3 is 17.8 Å². The van der Waals surface area contributed by atoms with Crippen LogP contribution in [0.3, 0.4) is 0 Å². The molecule has 1 aromatic carbocycles. The lowest BCUT2D eigenvalue weighted by Gasteiger charge is -2.09. The standard InChI is InChI=1S/C14H17NO6/c16-11(8-12(17)18)6-7-15-13(19)14(20)21-9-10-4-2-1-3-5-10/h1-5,11,16H,6-9H2,(H,15,19)(H,17,18)/t11-/m1/s1. The molecular weight excluding hydrogens is 278 g/mol. The van der Waals surface area contributed by atoms with E-state index in [1.54, 1.807) is 24.3 Å². The highest BCUT2D eigenvalue weighted by atomic mass is 16.5. The molecule has 0 aliphatic rings. The first kappa shape index (κ1) is 16.6. The number of ether oxygens (including phenoxy) is 1. The van der Waals surface area contributed by atoms with Crippen LogP contribution in [-0.4, -0.2) is 40.7 Å². The lowest BCUT2D eigenvalue weighted by molar-refractivity contribution is -0.156. The highest BCUT2D eigenvalue weighted by Crippen LogP contribution is 2.01. The fourth-order valence-corrected chi connectivity index (χ4v) is 1.52. The molecular formula is C14H17NO6. The predicted octanol–water partition coefficient (Wildman–Crippen LogP) is 0.0717. The third-order valence-corrected chi connectivity index (χ3v) is 2.57. The van der Waals surface area contributed by atoms with Crippen LogP contribution < -0.4 is 5.32 Å². The minimum Gasteiger partial charge on any atom is -0.481 e. The van der Waals surface area contributed by atoms with Gasteiger partial charge in [-0.05, 0) is 12.0 Å². The van der Waals surface area contributed by atoms with Crippen molar-refractivity contribution in [1.29, 1.82) is 0 Å². The van der Waals surface area contributed by atoms with Gasteiger partial charge in [-0.1, -0.05) is 30.3 Å². The zero-order valence-corrected chi connectivity index (χ0v) is 11.3. The Hall–Kier alpha value is -2.41. The number of amides is 1. The molecule has 0 saturated heterocycles. The van der Waals surface area contributed by atoms with Crippen molar-refractivity contribution in [3.8, 4) is 0 Å². The summed E-state index contributed by atoms with van der Waals surface area (Å²) in [4.78, 5) is 33.1. The summed E-state index contributed by atoms with van der Waals surface area (Å²) in [5, 5.41) is 20.0. The molecule has 7 nitrogen and oxygen atoms in total. The van der Waals surface area contributed by atoms with Crippen molar-refractivity contribution >= 4 is 17.8 Å². The highest BCUT2D eigenvalue weighted by Gasteiger charge is 2.16. The largest absolute Gasteiger partial charge is 0.481 e. The van der Waals surface area contributed by atoms with Crippen LogP contribution >= 0.6 is 0 Å². The molecule has 0 bridgehead atoms. The monoisotopic (exact) mass is 295 g/mol. The van der Waals surface area contributed by atoms with E-state index in [1.807, 2.05) is 6.07 Å². The summed E-state index contributed by atoms with van der Waals surface area (Å²) in [6, 6.07) is 8.90. The number of hydrogen-bond acceptors (Lipinski definition) is 5. The summed E-state index contributed by atoms with van der Waals surface area (Å²) in [7, 11) is 0. The van der Waals surface area contributed by atoms with E-state index in [-0.39, 0.29) is 19.6 Å². The topological polar surface area (TPSA) is 113 Å². The molecule has 1 rings (SSSR count). The number of rotatable bonds is 7. The van der Waals surface area contributed by atoms with Crippen molar-refractivity contribution in [3.05, 3.63) is 35.9 Å². The van der Waals surface area contributed by atoms with Gasteiger partial charge in [-0.15, -0.1) is 0 Å². The van der Waals surface area contributed by atoms with E-state index >= 15 is 0 Å². The zero-order valence-electron chi connectivity index (χ0n) is 11.3. The Morgan fingerprint density at radius 2 is 1.86 bits per heavy atom. The summed E-state index contributed by atoms with van der Waals surface area (Å²) >= 11 is 0. The molecule has 0 aliphatic heterocycles. The molecule has 21 heavy (non-hydrogen) atoms. The van der Waals surface area contributed by atoms with Gasteiger partial charge < -0.3 is 20.3 Å². The van der Waals surface area contributed by atoms with Crippen LogP contribution in [0.5, 0.6) is 0 Å². The second-order valence-corrected chi connectivity index (χ2v) is 4.36. The van der Waals surface area contributed by atoms with Crippen LogP contribution in [-0.2, 0) is 25.7 Å². The number of carboxylic acid groups (broad SMARTS) is 1. The number of aliphatic hydroxyl groups is 1. The number of carbonyl (C=O) groups is 3. The van der Waals surface area contributed by atoms with Gasteiger partial charge in [0.2, 0.25) is 0 Å². The lowest BCUT2D eigenvalue weighted by atomic mass is 10.2. The van der Waals surface area contributed by atoms with Crippen LogP contribution in [0, 0.1) is 0 Å². The molecule has 7 heteroatoms. The Morgan fingerprint density at radius 3 is 2.48 bits per heavy atom. The number of esters is 1. The maximum absolute atomic E-state index is 11.4. The van der Waals surface area contributed by atoms with E-state index in [1.165, 1.54) is 0 Å². The van der Waals surface area contributed by atoms with Crippen LogP contribution in [0.15, 0.2) is 30.3 Å². The summed E-state index contributed by atoms with van der Waals surface area (Å²) in [6.45, 7) is -0.0115. The SMILES string of the molecule is O=C(O)C[C@H](O)CCNC(=O)C(=O)OCc1ccccc1. The molecule has 1 atom stereocenters. The second kappa shape index (κ2) is 8.70. The number of benzene rings is 1. The number of aliphatic carboxylic acids is 1. The van der Waals surface area contributed by atoms with Crippen molar-refractivity contribution < 1.29 is 29.3 Å². The molecule has 0 radical (unpaired) electrons. The van der Waals surface area contributed by atoms with Crippen LogP contribution in [0.4, 0.5) is 0 Å². The Kier molecular flexibility index (Phi) is 6.90. The van der Waals surface area contributed by atoms with Crippen molar-refractivity contribution in [2.45, 2.75) is 25.6 Å². The fraction of sp³-hybridized carbons (Fsp3) is 0.357. The molecule has 0 spiro atoms. The first-order chi connectivity index (χ1) is 9.99. The van der Waals surface area contributed by atoms with Crippen molar-refractivity contribution in [1.82, 2.24) is 5.32 Å². The van der Waals surface area contributed by atoms with E-state index < -0.39 is 30.4 Å². The first-order valence-electron chi connectivity index (χ1n) is 6.37. The van der Waals surface area contributed by atoms with Crippen LogP contribution in [0.2, 0.25) is 0 Å². The van der Waals surface area contributed by atoms with Gasteiger partial charge in [-0.25, -0.2) is 4.79 Å². The molecule has 0 saturated carbocycles. The second-order valence-electron chi connectivity index (χ2n) is 4.36. The van der Waals surface area contributed by atoms with E-state index in [4.69, 9.17) is 9.84 Å². The molecule has 0 aromatic heterocycles. The van der Waals surface area contributed by atoms with Gasteiger partial charge in [0, 0.05) is 6.54 Å². The predicted molar refractivity (Wildman–Crippen MR) is 72.1 cm³/mol. The maximum atomic E-state index is 11.4. The Balaban J connectivity index is 2.22. The maximum Gasteiger partial charge on any atom is 0.397 e. The molecule has 114 valence electrons. The third kappa shape index (κ3) is 7.07. The minimum atomic E-state index is -1.13. The Bertz CT molecular complexity index is 487. The van der Waals surface area contributed by atoms with E-state index in [9.17, 15) is 19.5 Å². The number of carboxylic acids is 1. The third-order valence-electron chi connectivity index (χ3n) is 2.57. The summed E-state index contributed by atoms with van der Waals surface area (Å²) in [6.07, 6.45) is -1.43. The molecule has 1 aromatic rings. The zero-order chi connectivity index (χ0) is 15.7. The van der Waals surface area contributed by atoms with Gasteiger partial charge in [-0.2, -0.15) is 0 Å². The van der Waals surface area contributed by atoms with Gasteiger partial charge in [-0.3, -0.25) is 9.59 Å². The molecule has 0 unspecified atom stereocenters. The highest BCUT2D eigenvalue weighted by molar-refractivity contribution is 6.32. The average Bonchev–Trinajstić information content (AvgIpc) is 2.44. The summed E-state index contributed by atoms with van der Waals surface area (Å²) in [5.74, 6) is -3.07. The van der Waals surface area contributed by atoms with E-state index in [2.05, 4.69) is 5.32 Å². The summed E-state index contributed by atoms with van der Waals surface area (Å²) < 4.78 is 4.80. The van der Waals surface area contributed by atoms with E-state index in [0.29, 0.717) is 0 Å². The number of nitrogens with one attached hydrogen (secondary N) is 1. The van der Waals surface area contributed by atoms with Gasteiger partial charge in [0.15, 0.2) is 0 Å². The van der Waals surface area contributed by atoms with E-state index in [0.717, 1.165) is 5.56 Å². The van der Waals surface area contributed by atoms with Gasteiger partial charge in [0.1, 0.15) is 6.61 Å². The Morgan fingerprint density at radius 1 is 1.19 bits per heavy atom. The quantitative estimate of drug-likeness (QED) is 0.485. The smallest absolute Gasteiger partial charge is 0.397 e. The number of aliphatic hydroxyl groups excluding tert-OH is 1. The normalized spacial score (nSPS) is 11.5. The molecule has 0 aliphatic carbocycles. The van der Waals surface area contributed by atoms with Gasteiger partial charge in [0.25, 0.3) is 0 Å². The number of hydrogen-bond donors (Lipinski definition) is 3. The molecule has 0 heterocycles. The van der Waals surface area contributed by atoms with Crippen molar-refractivity contribution in [3.63, 3.8) is 0 Å². The van der Waals surface area contributed by atoms with Crippen LogP contribution in [0.1, 0.15) is 18.4 Å². The number of carbonyl (C=O) groups excluding carboxylic acids is 2. The van der Waals surface area contributed by atoms with Crippen molar-refractivity contribution in [2.24, 2.45) is 0 Å².